The van der Waals surface area contributed by atoms with Gasteiger partial charge in [-0.3, -0.25) is 14.4 Å². The zero-order valence-electron chi connectivity index (χ0n) is 48.6. The number of Topliss-reactive ketones (excluding diaryl/α,β-unsaturated/α-hetero) is 3. The lowest BCUT2D eigenvalue weighted by Crippen LogP contribution is -2.61. The number of likely N-dealkylation sites (tertiary alicyclic amines) is 1. The molecule has 0 spiro atoms. The molecule has 10 fully saturated rings. The molecule has 2 saturated heterocycles. The maximum atomic E-state index is 12.7. The third-order valence-electron chi connectivity index (χ3n) is 26.2. The molecule has 8 saturated carbocycles. The zero-order chi connectivity index (χ0) is 53.8. The Morgan fingerprint density at radius 3 is 1.57 bits per heavy atom. The molecule has 0 radical (unpaired) electrons. The van der Waals surface area contributed by atoms with E-state index in [0.717, 1.165) is 70.6 Å². The van der Waals surface area contributed by atoms with Gasteiger partial charge in [0.25, 0.3) is 0 Å². The largest absolute Gasteiger partial charge is 0.390 e. The summed E-state index contributed by atoms with van der Waals surface area (Å²) in [7, 11) is 0. The van der Waals surface area contributed by atoms with Gasteiger partial charge in [0.05, 0.1) is 30.0 Å². The molecule has 14 rings (SSSR count). The Hall–Kier alpha value is -2.43. The van der Waals surface area contributed by atoms with Gasteiger partial charge in [-0.15, -0.1) is 0 Å². The van der Waals surface area contributed by atoms with Crippen LogP contribution in [0, 0.1) is 91.7 Å². The minimum absolute atomic E-state index is 0.0362. The van der Waals surface area contributed by atoms with Crippen LogP contribution >= 0.6 is 0 Å². The average Bonchev–Trinajstić information content (AvgIpc) is 4.37. The predicted molar refractivity (Wildman–Crippen MR) is 296 cm³/mol. The van der Waals surface area contributed by atoms with E-state index in [9.17, 15) is 29.7 Å². The molecule has 0 bridgehead atoms. The number of hydrogen-bond donors (Lipinski definition) is 3. The second kappa shape index (κ2) is 18.5. The van der Waals surface area contributed by atoms with Crippen LogP contribution in [-0.4, -0.2) is 87.0 Å². The van der Waals surface area contributed by atoms with Crippen molar-refractivity contribution in [1.82, 2.24) is 4.90 Å². The third kappa shape index (κ3) is 8.12. The smallest absolute Gasteiger partial charge is 0.160 e. The molecule has 14 aliphatic rings. The molecule has 0 aromatic rings. The lowest BCUT2D eigenvalue weighted by atomic mass is 9.43. The molecule has 0 aromatic heterocycles. The van der Waals surface area contributed by atoms with Crippen LogP contribution in [0.1, 0.15) is 210 Å². The molecule has 12 aliphatic carbocycles. The van der Waals surface area contributed by atoms with Gasteiger partial charge < -0.3 is 29.7 Å². The van der Waals surface area contributed by atoms with Crippen molar-refractivity contribution in [2.45, 2.75) is 233 Å². The summed E-state index contributed by atoms with van der Waals surface area (Å²) in [5, 5.41) is 34.7. The highest BCUT2D eigenvalue weighted by atomic mass is 16.7. The topological polar surface area (TPSA) is 134 Å². The van der Waals surface area contributed by atoms with Crippen LogP contribution in [0.25, 0.3) is 0 Å². The zero-order valence-corrected chi connectivity index (χ0v) is 48.6. The van der Waals surface area contributed by atoms with Gasteiger partial charge in [-0.25, -0.2) is 0 Å². The molecule has 9 nitrogen and oxygen atoms in total. The Morgan fingerprint density at radius 1 is 0.500 bits per heavy atom. The van der Waals surface area contributed by atoms with E-state index in [4.69, 9.17) is 9.47 Å². The monoisotopic (exact) mass is 1050 g/mol. The lowest BCUT2D eigenvalue weighted by Gasteiger charge is -2.62. The molecular weight excluding hydrogens is 947 g/mol. The highest BCUT2D eigenvalue weighted by molar-refractivity contribution is 5.88. The van der Waals surface area contributed by atoms with Crippen LogP contribution < -0.4 is 0 Å². The Morgan fingerprint density at radius 2 is 1.00 bits per heavy atom. The number of nitrogens with zero attached hydrogens (tertiary/aromatic N) is 1. The molecule has 2 aliphatic heterocycles. The fourth-order valence-electron chi connectivity index (χ4n) is 23.5. The molecule has 76 heavy (non-hydrogen) atoms. The first-order valence-electron chi connectivity index (χ1n) is 31.4. The van der Waals surface area contributed by atoms with Crippen LogP contribution in [0.15, 0.2) is 46.7 Å². The molecule has 0 aromatic carbocycles. The quantitative estimate of drug-likeness (QED) is 0.231. The predicted octanol–water partition coefficient (Wildman–Crippen LogP) is 12.6. The van der Waals surface area contributed by atoms with Crippen molar-refractivity contribution in [3.05, 3.63) is 46.7 Å². The van der Waals surface area contributed by atoms with Crippen LogP contribution in [0.3, 0.4) is 0 Å². The highest BCUT2D eigenvalue weighted by Crippen LogP contribution is 2.70. The van der Waals surface area contributed by atoms with Crippen molar-refractivity contribution in [2.75, 3.05) is 26.3 Å². The van der Waals surface area contributed by atoms with E-state index in [-0.39, 0.29) is 50.6 Å². The number of carbonyl (C=O) groups is 3. The summed E-state index contributed by atoms with van der Waals surface area (Å²) in [5.41, 5.74) is 3.19. The van der Waals surface area contributed by atoms with E-state index >= 15 is 0 Å². The van der Waals surface area contributed by atoms with Crippen molar-refractivity contribution in [3.63, 3.8) is 0 Å². The first kappa shape index (κ1) is 54.2. The maximum absolute atomic E-state index is 12.7. The number of rotatable bonds is 2. The van der Waals surface area contributed by atoms with Gasteiger partial charge in [-0.05, 0) is 224 Å². The van der Waals surface area contributed by atoms with E-state index in [2.05, 4.69) is 70.7 Å². The second-order valence-corrected chi connectivity index (χ2v) is 30.7. The van der Waals surface area contributed by atoms with Crippen LogP contribution in [0.5, 0.6) is 0 Å². The van der Waals surface area contributed by atoms with Crippen molar-refractivity contribution in [3.8, 4) is 0 Å². The first-order valence-corrected chi connectivity index (χ1v) is 31.4. The summed E-state index contributed by atoms with van der Waals surface area (Å²) in [6.07, 6.45) is 33.2. The van der Waals surface area contributed by atoms with E-state index in [1.54, 1.807) is 5.57 Å². The van der Waals surface area contributed by atoms with E-state index in [1.807, 2.05) is 20.8 Å². The van der Waals surface area contributed by atoms with Gasteiger partial charge in [0.15, 0.2) is 6.29 Å². The lowest BCUT2D eigenvalue weighted by molar-refractivity contribution is -0.179. The summed E-state index contributed by atoms with van der Waals surface area (Å²) in [6.45, 7) is 23.5. The molecular formula is C67H99NO8. The molecule has 19 atom stereocenters. The molecule has 16 unspecified atom stereocenters. The second-order valence-electron chi connectivity index (χ2n) is 30.7. The van der Waals surface area contributed by atoms with Gasteiger partial charge in [0.1, 0.15) is 17.3 Å². The van der Waals surface area contributed by atoms with E-state index in [1.165, 1.54) is 74.9 Å². The van der Waals surface area contributed by atoms with E-state index < -0.39 is 16.8 Å². The molecule has 2 heterocycles. The van der Waals surface area contributed by atoms with Crippen molar-refractivity contribution < 1.29 is 39.2 Å². The van der Waals surface area contributed by atoms with Crippen LogP contribution in [0.4, 0.5) is 0 Å². The van der Waals surface area contributed by atoms with Crippen molar-refractivity contribution in [1.29, 1.82) is 0 Å². The minimum atomic E-state index is -0.780. The summed E-state index contributed by atoms with van der Waals surface area (Å²) in [4.78, 5) is 40.5. The Kier molecular flexibility index (Phi) is 13.2. The Balaban J connectivity index is 0.000000116. The number of ketones is 3. The van der Waals surface area contributed by atoms with Gasteiger partial charge >= 0.3 is 0 Å². The standard InChI is InChI=1S/C24H35NO2.C23H34O4.C20H30O2/c1-22-11-10-17(25-12-4-5-13-25)14-16(22)6-7-18-19-8-9-20(26)23(19,2)15-24(3,27)21(18)22;1-21-9-8-14(20-26-10-11-27-20)12-15(21)4-5-16-17-6-7-18(24)22(17,2)13-23(3,25)19(16)21;1-18-11-5-4-6-13(18)7-8-14-15-9-10-16(21)19(15,2)12-20(3,22)17(14)18/h6,14,18-19,21,27H,4-5,7-13,15H2,1-3H3;4,14,16-17,19-20,25H,5-13H2,1-3H3;6,14-15,17,22H,4-5,7-12H2,1-3H3/t18?,19?,21?,22?,23?,24-;14?,16?,17?,19?,21?,22?,23-;14?,15?,17?,18?,19?,20-/m000/s1. The Labute approximate surface area is 457 Å². The number of ether oxygens (including phenoxy) is 2. The normalized spacial score (nSPS) is 52.0. The molecule has 420 valence electrons. The van der Waals surface area contributed by atoms with E-state index in [0.29, 0.717) is 110 Å². The summed E-state index contributed by atoms with van der Waals surface area (Å²) in [6, 6.07) is 0. The number of fused-ring (bicyclic) bond motifs is 15. The van der Waals surface area contributed by atoms with Gasteiger partial charge in [0, 0.05) is 66.1 Å². The maximum Gasteiger partial charge on any atom is 0.160 e. The van der Waals surface area contributed by atoms with Crippen LogP contribution in [-0.2, 0) is 23.9 Å². The average molecular weight is 1050 g/mol. The molecule has 3 N–H and O–H groups in total. The Bertz CT molecular complexity index is 2490. The number of aliphatic hydroxyl groups is 3. The van der Waals surface area contributed by atoms with Crippen molar-refractivity contribution >= 4 is 17.3 Å². The SMILES string of the molecule is CC12C[C@](C)(O)C3C(CC=C4C=C(N5CCCC5)CCC43C)C1CCC2=O.CC12C[C@](C)(O)C3C(CC=C4CC(C5OCCO5)CCC43C)C1CCC2=O.CC12C[C@](C)(O)C3C(CCC4=CCCCC43C)C1CCC2=O. The molecule has 0 amide bonds. The first-order chi connectivity index (χ1) is 35.8. The van der Waals surface area contributed by atoms with Gasteiger partial charge in [-0.1, -0.05) is 70.9 Å². The minimum Gasteiger partial charge on any atom is -0.390 e. The summed E-state index contributed by atoms with van der Waals surface area (Å²) < 4.78 is 11.6. The summed E-state index contributed by atoms with van der Waals surface area (Å²) >= 11 is 0. The number of allylic oxidation sites excluding steroid dienone is 8. The van der Waals surface area contributed by atoms with Gasteiger partial charge in [-0.2, -0.15) is 0 Å². The number of hydrogen-bond acceptors (Lipinski definition) is 9. The third-order valence-corrected chi connectivity index (χ3v) is 26.2. The fraction of sp³-hybridized carbons (Fsp3) is 0.836. The van der Waals surface area contributed by atoms with Crippen molar-refractivity contribution in [2.24, 2.45) is 91.7 Å². The summed E-state index contributed by atoms with van der Waals surface area (Å²) in [5.74, 6) is 5.27. The fourth-order valence-corrected chi connectivity index (χ4v) is 23.5. The van der Waals surface area contributed by atoms with Crippen LogP contribution in [0.2, 0.25) is 0 Å². The highest BCUT2D eigenvalue weighted by Gasteiger charge is 2.68. The number of carbonyl (C=O) groups excluding carboxylic acids is 3. The van der Waals surface area contributed by atoms with Gasteiger partial charge in [0.2, 0.25) is 0 Å². The molecule has 9 heteroatoms.